The van der Waals surface area contributed by atoms with Crippen LogP contribution in [0.3, 0.4) is 0 Å². The van der Waals surface area contributed by atoms with Gasteiger partial charge in [-0.1, -0.05) is 17.7 Å². The smallest absolute Gasteiger partial charge is 0.244 e. The zero-order chi connectivity index (χ0) is 12.9. The molecule has 1 aromatic rings. The average molecular weight is 293 g/mol. The fraction of sp³-hybridized carbons (Fsp3) is 0.300. The van der Waals surface area contributed by atoms with E-state index in [1.54, 1.807) is 18.2 Å². The van der Waals surface area contributed by atoms with Crippen LogP contribution in [0.4, 0.5) is 0 Å². The molecule has 0 aliphatic rings. The molecule has 0 aromatic carbocycles. The summed E-state index contributed by atoms with van der Waals surface area (Å²) in [4.78, 5) is 4.27. The third kappa shape index (κ3) is 3.99. The van der Waals surface area contributed by atoms with Crippen LogP contribution in [0.25, 0.3) is 0 Å². The van der Waals surface area contributed by atoms with E-state index >= 15 is 0 Å². The van der Waals surface area contributed by atoms with E-state index in [1.165, 1.54) is 37.6 Å². The summed E-state index contributed by atoms with van der Waals surface area (Å²) in [5.41, 5.74) is 1.44. The van der Waals surface area contributed by atoms with Crippen molar-refractivity contribution in [3.8, 4) is 0 Å². The topological polar surface area (TPSA) is 50.3 Å². The Kier molecular flexibility index (Phi) is 5.45. The molecule has 1 rings (SSSR count). The Labute approximate surface area is 111 Å². The van der Waals surface area contributed by atoms with Gasteiger partial charge in [0, 0.05) is 31.6 Å². The van der Waals surface area contributed by atoms with Crippen LogP contribution in [0.5, 0.6) is 0 Å². The van der Waals surface area contributed by atoms with Crippen LogP contribution >= 0.6 is 23.4 Å². The number of nitrogens with zero attached hydrogens (tertiary/aromatic N) is 2. The molecule has 0 N–H and O–H groups in total. The lowest BCUT2D eigenvalue weighted by Crippen LogP contribution is -2.22. The second-order valence-corrected chi connectivity index (χ2v) is 6.74. The summed E-state index contributed by atoms with van der Waals surface area (Å²) >= 11 is 6.87. The monoisotopic (exact) mass is 292 g/mol. The maximum absolute atomic E-state index is 11.8. The highest BCUT2D eigenvalue weighted by Crippen LogP contribution is 2.18. The molecule has 1 heterocycles. The minimum atomic E-state index is -3.39. The predicted molar refractivity (Wildman–Crippen MR) is 70.8 cm³/mol. The van der Waals surface area contributed by atoms with Crippen molar-refractivity contribution in [2.45, 2.75) is 9.92 Å². The standard InChI is InChI=1S/C10H13ClN2O2S2/c1-13(2)17(14,15)9-4-5-10(12-8-9)16-7-3-6-11/h3-6,8H,7H2,1-2H3/b6-3+. The van der Waals surface area contributed by atoms with Gasteiger partial charge in [0.2, 0.25) is 10.0 Å². The molecule has 0 amide bonds. The van der Waals surface area contributed by atoms with Gasteiger partial charge in [-0.05, 0) is 12.1 Å². The van der Waals surface area contributed by atoms with Crippen LogP contribution in [0.2, 0.25) is 0 Å². The lowest BCUT2D eigenvalue weighted by molar-refractivity contribution is 0.520. The lowest BCUT2D eigenvalue weighted by atomic mass is 10.5. The van der Waals surface area contributed by atoms with E-state index in [9.17, 15) is 8.42 Å². The van der Waals surface area contributed by atoms with E-state index < -0.39 is 10.0 Å². The Morgan fingerprint density at radius 3 is 2.65 bits per heavy atom. The molecule has 94 valence electrons. The molecule has 0 aliphatic carbocycles. The van der Waals surface area contributed by atoms with Gasteiger partial charge in [-0.3, -0.25) is 0 Å². The van der Waals surface area contributed by atoms with Crippen molar-refractivity contribution in [2.24, 2.45) is 0 Å². The van der Waals surface area contributed by atoms with Gasteiger partial charge in [-0.2, -0.15) is 0 Å². The first-order chi connectivity index (χ1) is 7.98. The molecule has 0 radical (unpaired) electrons. The van der Waals surface area contributed by atoms with Gasteiger partial charge < -0.3 is 0 Å². The lowest BCUT2D eigenvalue weighted by Gasteiger charge is -2.10. The van der Waals surface area contributed by atoms with Gasteiger partial charge in [0.15, 0.2) is 0 Å². The highest BCUT2D eigenvalue weighted by Gasteiger charge is 2.17. The third-order valence-corrected chi connectivity index (χ3v) is 4.78. The Morgan fingerprint density at radius 1 is 1.47 bits per heavy atom. The van der Waals surface area contributed by atoms with Crippen LogP contribution in [-0.2, 0) is 10.0 Å². The first-order valence-corrected chi connectivity index (χ1v) is 7.61. The van der Waals surface area contributed by atoms with Crippen LogP contribution < -0.4 is 0 Å². The van der Waals surface area contributed by atoms with Gasteiger partial charge in [0.1, 0.15) is 4.90 Å². The minimum Gasteiger partial charge on any atom is -0.249 e. The van der Waals surface area contributed by atoms with Crippen LogP contribution in [0.15, 0.2) is 39.9 Å². The normalized spacial score (nSPS) is 12.5. The first-order valence-electron chi connectivity index (χ1n) is 4.75. The van der Waals surface area contributed by atoms with Crippen molar-refractivity contribution in [2.75, 3.05) is 19.8 Å². The second kappa shape index (κ2) is 6.39. The summed E-state index contributed by atoms with van der Waals surface area (Å²) in [6.45, 7) is 0. The van der Waals surface area contributed by atoms with E-state index in [4.69, 9.17) is 11.6 Å². The Morgan fingerprint density at radius 2 is 2.18 bits per heavy atom. The highest BCUT2D eigenvalue weighted by molar-refractivity contribution is 7.99. The number of hydrogen-bond donors (Lipinski definition) is 0. The molecule has 0 unspecified atom stereocenters. The van der Waals surface area contributed by atoms with Gasteiger partial charge in [-0.15, -0.1) is 11.8 Å². The van der Waals surface area contributed by atoms with Crippen LogP contribution in [0.1, 0.15) is 0 Å². The number of rotatable bonds is 5. The Balaban J connectivity index is 2.82. The van der Waals surface area contributed by atoms with Crippen molar-refractivity contribution >= 4 is 33.4 Å². The number of halogens is 1. The summed E-state index contributed by atoms with van der Waals surface area (Å²) in [6.07, 6.45) is 3.15. The molecule has 0 saturated heterocycles. The molecule has 0 spiro atoms. The summed E-state index contributed by atoms with van der Waals surface area (Å²) < 4.78 is 24.7. The largest absolute Gasteiger partial charge is 0.249 e. The SMILES string of the molecule is CN(C)S(=O)(=O)c1ccc(SC/C=C/Cl)nc1. The molecule has 0 atom stereocenters. The summed E-state index contributed by atoms with van der Waals surface area (Å²) in [6, 6.07) is 3.23. The molecule has 0 aliphatic heterocycles. The van der Waals surface area contributed by atoms with E-state index in [1.807, 2.05) is 0 Å². The molecule has 17 heavy (non-hydrogen) atoms. The van der Waals surface area contributed by atoms with E-state index in [0.717, 1.165) is 9.33 Å². The Hall–Kier alpha value is -0.560. The molecule has 0 bridgehead atoms. The molecule has 0 saturated carbocycles. The number of sulfonamides is 1. The van der Waals surface area contributed by atoms with Crippen molar-refractivity contribution in [1.29, 1.82) is 0 Å². The maximum Gasteiger partial charge on any atom is 0.244 e. The second-order valence-electron chi connectivity index (χ2n) is 3.29. The predicted octanol–water partition coefficient (Wildman–Crippen LogP) is 2.18. The summed E-state index contributed by atoms with van der Waals surface area (Å²) in [5, 5.41) is 0.762. The molecule has 7 heteroatoms. The van der Waals surface area contributed by atoms with E-state index in [-0.39, 0.29) is 4.90 Å². The fourth-order valence-corrected chi connectivity index (χ4v) is 2.68. The van der Waals surface area contributed by atoms with Crippen LogP contribution in [0, 0.1) is 0 Å². The van der Waals surface area contributed by atoms with Crippen molar-refractivity contribution in [3.63, 3.8) is 0 Å². The zero-order valence-corrected chi connectivity index (χ0v) is 11.9. The van der Waals surface area contributed by atoms with Crippen molar-refractivity contribution in [1.82, 2.24) is 9.29 Å². The van der Waals surface area contributed by atoms with E-state index in [2.05, 4.69) is 4.98 Å². The first kappa shape index (κ1) is 14.5. The van der Waals surface area contributed by atoms with Crippen molar-refractivity contribution in [3.05, 3.63) is 29.9 Å². The van der Waals surface area contributed by atoms with Gasteiger partial charge in [-0.25, -0.2) is 17.7 Å². The highest BCUT2D eigenvalue weighted by atomic mass is 35.5. The quantitative estimate of drug-likeness (QED) is 0.781. The zero-order valence-electron chi connectivity index (χ0n) is 9.50. The van der Waals surface area contributed by atoms with E-state index in [0.29, 0.717) is 5.75 Å². The molecular weight excluding hydrogens is 280 g/mol. The molecule has 4 nitrogen and oxygen atoms in total. The summed E-state index contributed by atoms with van der Waals surface area (Å²) in [7, 11) is -0.414. The maximum atomic E-state index is 11.8. The average Bonchev–Trinajstić information content (AvgIpc) is 2.30. The number of pyridine rings is 1. The van der Waals surface area contributed by atoms with Gasteiger partial charge >= 0.3 is 0 Å². The van der Waals surface area contributed by atoms with Crippen LogP contribution in [-0.4, -0.2) is 37.6 Å². The Bertz CT molecular complexity index is 484. The van der Waals surface area contributed by atoms with Gasteiger partial charge in [0.05, 0.1) is 5.03 Å². The number of hydrogen-bond acceptors (Lipinski definition) is 4. The van der Waals surface area contributed by atoms with Crippen molar-refractivity contribution < 1.29 is 8.42 Å². The molecule has 1 aromatic heterocycles. The third-order valence-electron chi connectivity index (χ3n) is 1.90. The molecule has 0 fully saturated rings. The number of thioether (sulfide) groups is 1. The number of aromatic nitrogens is 1. The minimum absolute atomic E-state index is 0.194. The van der Waals surface area contributed by atoms with Gasteiger partial charge in [0.25, 0.3) is 0 Å². The fourth-order valence-electron chi connectivity index (χ4n) is 0.985. The summed E-state index contributed by atoms with van der Waals surface area (Å²) in [5.74, 6) is 0.705. The molecular formula is C10H13ClN2O2S2.